The van der Waals surface area contributed by atoms with E-state index in [-0.39, 0.29) is 12.2 Å². The molecule has 3 N–H and O–H groups in total. The van der Waals surface area contributed by atoms with E-state index in [1.807, 2.05) is 13.0 Å². The van der Waals surface area contributed by atoms with E-state index in [4.69, 9.17) is 10.5 Å². The van der Waals surface area contributed by atoms with Gasteiger partial charge in [0.2, 0.25) is 0 Å². The van der Waals surface area contributed by atoms with Crippen molar-refractivity contribution in [2.75, 3.05) is 13.7 Å². The van der Waals surface area contributed by atoms with Gasteiger partial charge in [0.15, 0.2) is 6.61 Å². The minimum atomic E-state index is -1.02. The highest BCUT2D eigenvalue weighted by molar-refractivity contribution is 7.19. The fraction of sp³-hybridized carbons (Fsp3) is 0.267. The molecule has 2 aromatic rings. The highest BCUT2D eigenvalue weighted by Crippen LogP contribution is 2.38. The summed E-state index contributed by atoms with van der Waals surface area (Å²) in [6, 6.07) is 5.20. The van der Waals surface area contributed by atoms with E-state index in [0.717, 1.165) is 9.58 Å². The Morgan fingerprint density at radius 1 is 1.30 bits per heavy atom. The normalized spacial score (nSPS) is 10.5. The third-order valence-electron chi connectivity index (χ3n) is 3.10. The molecule has 0 saturated heterocycles. The highest BCUT2D eigenvalue weighted by atomic mass is 32.1. The number of nitrogens with two attached hydrogens (primary N) is 1. The minimum absolute atomic E-state index is 0.253. The van der Waals surface area contributed by atoms with Crippen molar-refractivity contribution in [1.82, 2.24) is 5.48 Å². The van der Waals surface area contributed by atoms with E-state index in [1.165, 1.54) is 18.4 Å². The number of fused-ring (bicyclic) bond motifs is 1. The molecule has 1 aromatic carbocycles. The summed E-state index contributed by atoms with van der Waals surface area (Å²) in [5, 5.41) is 0.503. The number of hydrogen-bond acceptors (Lipinski definition) is 6. The first-order chi connectivity index (χ1) is 11.0. The number of thiophene rings is 1. The molecule has 0 aliphatic carbocycles. The summed E-state index contributed by atoms with van der Waals surface area (Å²) in [7, 11) is 1.31. The molecule has 0 aliphatic heterocycles. The second kappa shape index (κ2) is 7.21. The quantitative estimate of drug-likeness (QED) is 0.448. The predicted molar refractivity (Wildman–Crippen MR) is 85.4 cm³/mol. The lowest BCUT2D eigenvalue weighted by molar-refractivity contribution is -0.133. The first-order valence-electron chi connectivity index (χ1n) is 6.82. The van der Waals surface area contributed by atoms with Crippen LogP contribution in [-0.2, 0) is 20.8 Å². The summed E-state index contributed by atoms with van der Waals surface area (Å²) >= 11 is 1.39. The molecule has 1 heterocycles. The van der Waals surface area contributed by atoms with Gasteiger partial charge in [0.1, 0.15) is 5.75 Å². The van der Waals surface area contributed by atoms with Crippen LogP contribution in [0.3, 0.4) is 0 Å². The lowest BCUT2D eigenvalue weighted by atomic mass is 10.0. The maximum Gasteiger partial charge on any atom is 0.289 e. The van der Waals surface area contributed by atoms with Gasteiger partial charge < -0.3 is 10.5 Å². The van der Waals surface area contributed by atoms with E-state index in [1.54, 1.807) is 12.1 Å². The predicted octanol–water partition coefficient (Wildman–Crippen LogP) is 1.19. The number of amides is 2. The molecular formula is C15H16N2O5S. The molecule has 23 heavy (non-hydrogen) atoms. The molecule has 1 aromatic heterocycles. The van der Waals surface area contributed by atoms with E-state index in [0.29, 0.717) is 17.6 Å². The molecule has 0 bridgehead atoms. The summed E-state index contributed by atoms with van der Waals surface area (Å²) in [5.41, 5.74) is 7.53. The van der Waals surface area contributed by atoms with Crippen molar-refractivity contribution in [3.63, 3.8) is 0 Å². The van der Waals surface area contributed by atoms with Gasteiger partial charge in [0.05, 0.1) is 12.7 Å². The topological polar surface area (TPSA) is 108 Å². The number of benzene rings is 1. The van der Waals surface area contributed by atoms with E-state index < -0.39 is 17.6 Å². The third kappa shape index (κ3) is 3.49. The van der Waals surface area contributed by atoms with E-state index >= 15 is 0 Å². The molecule has 7 nitrogen and oxygen atoms in total. The van der Waals surface area contributed by atoms with Crippen LogP contribution in [0.5, 0.6) is 5.75 Å². The molecule has 122 valence electrons. The van der Waals surface area contributed by atoms with Gasteiger partial charge in [-0.2, -0.15) is 0 Å². The van der Waals surface area contributed by atoms with Crippen LogP contribution in [0.15, 0.2) is 18.2 Å². The van der Waals surface area contributed by atoms with Gasteiger partial charge in [-0.25, -0.2) is 5.48 Å². The number of carbonyl (C=O) groups is 3. The van der Waals surface area contributed by atoms with Crippen LogP contribution in [-0.4, -0.2) is 31.3 Å². The molecule has 0 spiro atoms. The number of primary amides is 1. The number of nitrogens with one attached hydrogen (secondary N) is 1. The average Bonchev–Trinajstić information content (AvgIpc) is 2.91. The minimum Gasteiger partial charge on any atom is -0.483 e. The van der Waals surface area contributed by atoms with Gasteiger partial charge in [-0.3, -0.25) is 19.2 Å². The number of rotatable bonds is 7. The number of hydroxylamine groups is 1. The number of carbonyl (C=O) groups excluding carboxylic acids is 3. The van der Waals surface area contributed by atoms with Crippen molar-refractivity contribution >= 4 is 39.0 Å². The molecule has 0 saturated carbocycles. The maximum atomic E-state index is 12.2. The Bertz CT molecular complexity index is 769. The largest absolute Gasteiger partial charge is 0.483 e. The second-order valence-corrected chi connectivity index (χ2v) is 5.73. The van der Waals surface area contributed by atoms with Crippen molar-refractivity contribution in [3.8, 4) is 5.75 Å². The standard InChI is InChI=1S/C15H16N2O5S/c1-3-9-13(14(19)15(16)20)12-8(5-4-6-10(12)23-9)22-7-11(18)17-21-2/h4-6H,3,7H2,1-2H3,(H2,16,20)(H,17,18). The van der Waals surface area contributed by atoms with Gasteiger partial charge in [-0.05, 0) is 18.6 Å². The van der Waals surface area contributed by atoms with Gasteiger partial charge in [0.25, 0.3) is 17.6 Å². The Morgan fingerprint density at radius 2 is 2.04 bits per heavy atom. The van der Waals surface area contributed by atoms with Crippen molar-refractivity contribution in [2.24, 2.45) is 5.73 Å². The molecular weight excluding hydrogens is 320 g/mol. The zero-order valence-corrected chi connectivity index (χ0v) is 13.5. The Kier molecular flexibility index (Phi) is 5.30. The van der Waals surface area contributed by atoms with Crippen LogP contribution in [0.2, 0.25) is 0 Å². The monoisotopic (exact) mass is 336 g/mol. The molecule has 0 aliphatic rings. The molecule has 2 amide bonds. The summed E-state index contributed by atoms with van der Waals surface area (Å²) in [4.78, 5) is 40.2. The molecule has 8 heteroatoms. The molecule has 2 rings (SSSR count). The Balaban J connectivity index is 2.49. The Morgan fingerprint density at radius 3 is 2.65 bits per heavy atom. The number of ketones is 1. The molecule has 0 radical (unpaired) electrons. The first kappa shape index (κ1) is 16.9. The Labute approximate surface area is 136 Å². The summed E-state index contributed by atoms with van der Waals surface area (Å²) in [6.07, 6.45) is 0.581. The van der Waals surface area contributed by atoms with Gasteiger partial charge in [-0.15, -0.1) is 11.3 Å². The van der Waals surface area contributed by atoms with Crippen LogP contribution in [0.25, 0.3) is 10.1 Å². The molecule has 0 atom stereocenters. The summed E-state index contributed by atoms with van der Waals surface area (Å²) in [5.74, 6) is -1.91. The summed E-state index contributed by atoms with van der Waals surface area (Å²) < 4.78 is 6.26. The van der Waals surface area contributed by atoms with Crippen LogP contribution >= 0.6 is 11.3 Å². The van der Waals surface area contributed by atoms with Gasteiger partial charge >= 0.3 is 0 Å². The van der Waals surface area contributed by atoms with Crippen molar-refractivity contribution < 1.29 is 24.0 Å². The van der Waals surface area contributed by atoms with Gasteiger partial charge in [-0.1, -0.05) is 13.0 Å². The third-order valence-corrected chi connectivity index (χ3v) is 4.40. The van der Waals surface area contributed by atoms with Gasteiger partial charge in [0, 0.05) is 15.0 Å². The van der Waals surface area contributed by atoms with Crippen LogP contribution < -0.4 is 16.0 Å². The first-order valence-corrected chi connectivity index (χ1v) is 7.64. The smallest absolute Gasteiger partial charge is 0.289 e. The summed E-state index contributed by atoms with van der Waals surface area (Å²) in [6.45, 7) is 1.60. The van der Waals surface area contributed by atoms with Crippen molar-refractivity contribution in [2.45, 2.75) is 13.3 Å². The van der Waals surface area contributed by atoms with E-state index in [9.17, 15) is 14.4 Å². The Hall–Kier alpha value is -2.45. The second-order valence-electron chi connectivity index (χ2n) is 4.59. The van der Waals surface area contributed by atoms with Crippen molar-refractivity contribution in [1.29, 1.82) is 0 Å². The highest BCUT2D eigenvalue weighted by Gasteiger charge is 2.24. The number of aryl methyl sites for hydroxylation is 1. The van der Waals surface area contributed by atoms with E-state index in [2.05, 4.69) is 10.3 Å². The van der Waals surface area contributed by atoms with Crippen LogP contribution in [0, 0.1) is 0 Å². The molecule has 0 unspecified atom stereocenters. The fourth-order valence-corrected chi connectivity index (χ4v) is 3.34. The lowest BCUT2D eigenvalue weighted by Gasteiger charge is -2.08. The zero-order valence-electron chi connectivity index (χ0n) is 12.7. The molecule has 0 fully saturated rings. The lowest BCUT2D eigenvalue weighted by Crippen LogP contribution is -2.28. The number of hydrogen-bond donors (Lipinski definition) is 2. The van der Waals surface area contributed by atoms with Crippen molar-refractivity contribution in [3.05, 3.63) is 28.6 Å². The maximum absolute atomic E-state index is 12.2. The SMILES string of the molecule is CCc1sc2cccc(OCC(=O)NOC)c2c1C(=O)C(N)=O. The van der Waals surface area contributed by atoms with Crippen LogP contribution in [0.1, 0.15) is 22.2 Å². The number of Topliss-reactive ketones (excluding diaryl/α,β-unsaturated/α-hetero) is 1. The zero-order chi connectivity index (χ0) is 17.0. The fourth-order valence-electron chi connectivity index (χ4n) is 2.18. The number of ether oxygens (including phenoxy) is 1. The van der Waals surface area contributed by atoms with Crippen LogP contribution in [0.4, 0.5) is 0 Å². The average molecular weight is 336 g/mol.